The molecule has 6 N–H and O–H groups in total. The van der Waals surface area contributed by atoms with Crippen LogP contribution in [0.25, 0.3) is 21.9 Å². The van der Waals surface area contributed by atoms with E-state index in [9.17, 15) is 42.9 Å². The summed E-state index contributed by atoms with van der Waals surface area (Å²) < 4.78 is 47.9. The van der Waals surface area contributed by atoms with Gasteiger partial charge in [-0.2, -0.15) is 13.2 Å². The Labute approximate surface area is 276 Å². The van der Waals surface area contributed by atoms with Gasteiger partial charge in [0.1, 0.15) is 11.6 Å². The van der Waals surface area contributed by atoms with Crippen molar-refractivity contribution in [3.8, 4) is 0 Å². The van der Waals surface area contributed by atoms with E-state index in [4.69, 9.17) is 0 Å². The summed E-state index contributed by atoms with van der Waals surface area (Å²) in [4.78, 5) is 48.5. The quantitative estimate of drug-likeness (QED) is 0.193. The van der Waals surface area contributed by atoms with Crippen molar-refractivity contribution in [1.29, 1.82) is 0 Å². The van der Waals surface area contributed by atoms with Crippen LogP contribution in [0.15, 0.2) is 41.3 Å². The number of para-hydroxylation sites is 1. The van der Waals surface area contributed by atoms with E-state index < -0.39 is 41.0 Å². The Hall–Kier alpha value is -4.78. The van der Waals surface area contributed by atoms with Crippen molar-refractivity contribution in [1.82, 2.24) is 28.9 Å². The molecule has 3 aromatic heterocycles. The zero-order valence-corrected chi connectivity index (χ0v) is 26.6. The Morgan fingerprint density at radius 3 is 2.31 bits per heavy atom. The zero-order valence-electron chi connectivity index (χ0n) is 26.6. The van der Waals surface area contributed by atoms with Crippen LogP contribution < -0.4 is 16.7 Å². The highest BCUT2D eigenvalue weighted by Gasteiger charge is 2.53. The molecule has 3 fully saturated rings. The molecule has 15 nitrogen and oxygen atoms in total. The number of halogens is 3. The number of pyridine rings is 2. The summed E-state index contributed by atoms with van der Waals surface area (Å²) in [6, 6.07) is 6.15. The molecule has 5 heterocycles. The van der Waals surface area contributed by atoms with Crippen LogP contribution in [0.1, 0.15) is 54.1 Å². The minimum Gasteiger partial charge on any atom is -0.453 e. The molecule has 2 saturated heterocycles. The molecule has 1 aliphatic carbocycles. The first-order chi connectivity index (χ1) is 23.0. The molecule has 49 heavy (non-hydrogen) atoms. The fourth-order valence-electron chi connectivity index (χ4n) is 6.87. The van der Waals surface area contributed by atoms with Crippen LogP contribution in [0.2, 0.25) is 0 Å². The van der Waals surface area contributed by atoms with Crippen LogP contribution in [0, 0.1) is 0 Å². The normalized spacial score (nSPS) is 17.8. The third-order valence-electron chi connectivity index (χ3n) is 9.56. The predicted molar refractivity (Wildman–Crippen MR) is 169 cm³/mol. The number of carbonyl (C=O) groups is 2. The number of anilines is 2. The third kappa shape index (κ3) is 6.16. The number of ether oxygens (including phenoxy) is 1. The molecular formula is C31H35F3N8O7. The van der Waals surface area contributed by atoms with E-state index in [0.29, 0.717) is 30.5 Å². The highest BCUT2D eigenvalue weighted by atomic mass is 19.4. The molecule has 1 spiro atoms. The van der Waals surface area contributed by atoms with Gasteiger partial charge in [0.15, 0.2) is 0 Å². The summed E-state index contributed by atoms with van der Waals surface area (Å²) in [7, 11) is 3.21. The zero-order chi connectivity index (χ0) is 35.5. The molecule has 0 atom stereocenters. The summed E-state index contributed by atoms with van der Waals surface area (Å²) in [6.45, 7) is 1.88. The summed E-state index contributed by atoms with van der Waals surface area (Å²) >= 11 is 0. The van der Waals surface area contributed by atoms with Gasteiger partial charge in [0, 0.05) is 37.1 Å². The van der Waals surface area contributed by atoms with Crippen LogP contribution in [-0.2, 0) is 17.0 Å². The molecule has 4 aromatic rings. The summed E-state index contributed by atoms with van der Waals surface area (Å²) in [5, 5.41) is 32.7. The van der Waals surface area contributed by atoms with Crippen molar-refractivity contribution in [2.45, 2.75) is 56.0 Å². The lowest BCUT2D eigenvalue weighted by Gasteiger charge is -2.61. The van der Waals surface area contributed by atoms with E-state index >= 15 is 0 Å². The molecule has 1 aromatic carbocycles. The topological polar surface area (TPSA) is 201 Å². The molecule has 1 saturated carbocycles. The monoisotopic (exact) mass is 688 g/mol. The van der Waals surface area contributed by atoms with Crippen molar-refractivity contribution in [2.24, 2.45) is 5.73 Å². The first kappa shape index (κ1) is 34.1. The van der Waals surface area contributed by atoms with E-state index in [1.54, 1.807) is 4.90 Å². The predicted octanol–water partition coefficient (Wildman–Crippen LogP) is 2.41. The number of methoxy groups -OCH3 is 1. The van der Waals surface area contributed by atoms with Crippen molar-refractivity contribution in [3.05, 3.63) is 58.1 Å². The van der Waals surface area contributed by atoms with Gasteiger partial charge in [-0.3, -0.25) is 14.3 Å². The first-order valence-electron chi connectivity index (χ1n) is 15.5. The van der Waals surface area contributed by atoms with Gasteiger partial charge in [-0.1, -0.05) is 25.0 Å². The van der Waals surface area contributed by atoms with Gasteiger partial charge >= 0.3 is 24.1 Å². The number of likely N-dealkylation sites (N-methyl/N-ethyl adjacent to an activating group) is 1. The number of amides is 2. The Balaban J connectivity index is 0.000000778. The molecule has 262 valence electrons. The molecule has 2 amide bonds. The van der Waals surface area contributed by atoms with E-state index in [0.717, 1.165) is 38.1 Å². The first-order valence-corrected chi connectivity index (χ1v) is 15.5. The van der Waals surface area contributed by atoms with Crippen molar-refractivity contribution in [2.75, 3.05) is 39.1 Å². The van der Waals surface area contributed by atoms with E-state index in [2.05, 4.69) is 30.7 Å². The van der Waals surface area contributed by atoms with Gasteiger partial charge in [0.05, 0.1) is 46.5 Å². The summed E-state index contributed by atoms with van der Waals surface area (Å²) in [5.41, 5.74) is 2.32. The van der Waals surface area contributed by atoms with Gasteiger partial charge in [-0.05, 0) is 38.4 Å². The Morgan fingerprint density at radius 2 is 1.76 bits per heavy atom. The van der Waals surface area contributed by atoms with Gasteiger partial charge in [0.2, 0.25) is 0 Å². The third-order valence-corrected chi connectivity index (χ3v) is 9.56. The number of primary amides is 1. The number of carbonyl (C=O) groups excluding carboxylic acids is 2. The Kier molecular flexibility index (Phi) is 8.54. The molecule has 0 bridgehead atoms. The van der Waals surface area contributed by atoms with Gasteiger partial charge < -0.3 is 36.0 Å². The maximum absolute atomic E-state index is 14.1. The number of nitrogens with one attached hydrogen (secondary N) is 1. The number of hydrogen-bond acceptors (Lipinski definition) is 11. The molecule has 2 aliphatic heterocycles. The average Bonchev–Trinajstić information content (AvgIpc) is 3.63. The molecule has 0 unspecified atom stereocenters. The SMILES string of the molecule is CN1CCC12CN(C(=O)c1cc(Nc3cc4c(cn3)n(C(O)(O)O)c(=O)n4C3CCCC3)nc3c(C(F)(F)F)cccc13)C2.COC(N)=O. The number of likely N-dealkylation sites (tertiary alicyclic amines) is 2. The smallest absolute Gasteiger partial charge is 0.418 e. The van der Waals surface area contributed by atoms with Crippen molar-refractivity contribution in [3.63, 3.8) is 0 Å². The van der Waals surface area contributed by atoms with Crippen LogP contribution in [0.4, 0.5) is 29.6 Å². The number of alkyl halides is 3. The molecule has 7 rings (SSSR count). The molecule has 3 aliphatic rings. The minimum atomic E-state index is -4.73. The fourth-order valence-corrected chi connectivity index (χ4v) is 6.87. The van der Waals surface area contributed by atoms with Crippen molar-refractivity contribution >= 4 is 45.6 Å². The number of rotatable bonds is 5. The number of fused-ring (bicyclic) bond motifs is 2. The number of nitrogens with two attached hydrogens (primary N) is 1. The standard InChI is InChI=1S/C29H30F3N7O5.C2H5NO2/c1-36-10-9-27(36)14-37(15-27)25(40)18-11-23(35-24-17(18)7-4-8-19(24)28(30,31)32)34-22-12-20-21(13-33-22)39(29(42,43)44)26(41)38(20)16-5-2-3-6-16;1-5-2(3)4/h4,7-8,11-13,16,42-44H,2-3,5-6,9-10,14-15H2,1H3,(H,33,34,35);1H3,(H2,3,4). The second kappa shape index (κ2) is 12.3. The Morgan fingerprint density at radius 1 is 1.08 bits per heavy atom. The minimum absolute atomic E-state index is 0.0566. The number of hydrogen-bond donors (Lipinski definition) is 5. The van der Waals surface area contributed by atoms with Crippen LogP contribution >= 0.6 is 0 Å². The number of nitrogens with zero attached hydrogens (tertiary/aromatic N) is 6. The van der Waals surface area contributed by atoms with Crippen LogP contribution in [0.5, 0.6) is 0 Å². The highest BCUT2D eigenvalue weighted by molar-refractivity contribution is 6.08. The number of aliphatic hydroxyl groups is 3. The molecule has 18 heteroatoms. The number of aromatic nitrogens is 4. The molecule has 0 radical (unpaired) electrons. The van der Waals surface area contributed by atoms with E-state index in [1.807, 2.05) is 7.05 Å². The maximum Gasteiger partial charge on any atom is 0.418 e. The van der Waals surface area contributed by atoms with Crippen molar-refractivity contribution < 1.29 is 42.8 Å². The number of benzene rings is 1. The lowest BCUT2D eigenvalue weighted by atomic mass is 9.77. The summed E-state index contributed by atoms with van der Waals surface area (Å²) in [5.74, 6) is -0.406. The second-order valence-corrected chi connectivity index (χ2v) is 12.5. The van der Waals surface area contributed by atoms with E-state index in [1.165, 1.54) is 35.9 Å². The Bertz CT molecular complexity index is 1990. The maximum atomic E-state index is 14.1. The second-order valence-electron chi connectivity index (χ2n) is 12.5. The van der Waals surface area contributed by atoms with Gasteiger partial charge in [0.25, 0.3) is 5.91 Å². The van der Waals surface area contributed by atoms with Crippen LogP contribution in [0.3, 0.4) is 0 Å². The fraction of sp³-hybridized carbons (Fsp3) is 0.452. The number of imidazole rings is 1. The lowest BCUT2D eigenvalue weighted by Crippen LogP contribution is -2.76. The molecular weight excluding hydrogens is 653 g/mol. The largest absolute Gasteiger partial charge is 0.453 e. The summed E-state index contributed by atoms with van der Waals surface area (Å²) in [6.07, 6.45) is -3.84. The van der Waals surface area contributed by atoms with Crippen LogP contribution in [-0.4, -0.2) is 95.6 Å². The lowest BCUT2D eigenvalue weighted by molar-refractivity contribution is -0.374. The van der Waals surface area contributed by atoms with E-state index in [-0.39, 0.29) is 45.2 Å². The average molecular weight is 689 g/mol. The van der Waals surface area contributed by atoms with Gasteiger partial charge in [-0.25, -0.2) is 24.1 Å². The van der Waals surface area contributed by atoms with Gasteiger partial charge in [-0.15, -0.1) is 0 Å². The highest BCUT2D eigenvalue weighted by Crippen LogP contribution is 2.41.